The molecule has 8 nitrogen and oxygen atoms in total. The van der Waals surface area contributed by atoms with Crippen molar-refractivity contribution in [2.45, 2.75) is 19.0 Å². The fourth-order valence-electron chi connectivity index (χ4n) is 2.29. The predicted octanol–water partition coefficient (Wildman–Crippen LogP) is -1.01. The monoisotopic (exact) mass is 288 g/mol. The number of aromatic nitrogens is 3. The molecule has 0 aliphatic carbocycles. The zero-order valence-corrected chi connectivity index (χ0v) is 11.5. The minimum Gasteiger partial charge on any atom is -0.353 e. The van der Waals surface area contributed by atoms with Crippen LogP contribution in [-0.2, 0) is 9.59 Å². The van der Waals surface area contributed by atoms with Crippen LogP contribution in [0.5, 0.6) is 0 Å². The van der Waals surface area contributed by atoms with Crippen molar-refractivity contribution in [3.05, 3.63) is 30.2 Å². The van der Waals surface area contributed by atoms with E-state index in [-0.39, 0.29) is 30.9 Å². The molecule has 3 heterocycles. The zero-order chi connectivity index (χ0) is 14.8. The minimum absolute atomic E-state index is 0.101. The van der Waals surface area contributed by atoms with Gasteiger partial charge in [-0.05, 0) is 19.1 Å². The summed E-state index contributed by atoms with van der Waals surface area (Å²) >= 11 is 0. The molecule has 0 spiro atoms. The molecule has 110 valence electrons. The molecule has 2 aromatic rings. The maximum atomic E-state index is 12.2. The van der Waals surface area contributed by atoms with E-state index < -0.39 is 6.04 Å². The maximum Gasteiger partial charge on any atom is 0.239 e. The van der Waals surface area contributed by atoms with Crippen molar-refractivity contribution < 1.29 is 9.59 Å². The average Bonchev–Trinajstić information content (AvgIpc) is 2.92. The Morgan fingerprint density at radius 1 is 1.48 bits per heavy atom. The van der Waals surface area contributed by atoms with E-state index in [1.165, 1.54) is 0 Å². The van der Waals surface area contributed by atoms with Crippen LogP contribution < -0.4 is 16.0 Å². The molecule has 0 saturated carbocycles. The van der Waals surface area contributed by atoms with Gasteiger partial charge in [0.25, 0.3) is 0 Å². The number of carbonyl (C=O) groups excluding carboxylic acids is 2. The molecule has 3 N–H and O–H groups in total. The van der Waals surface area contributed by atoms with Crippen LogP contribution in [0, 0.1) is 0 Å². The summed E-state index contributed by atoms with van der Waals surface area (Å²) in [5, 5.41) is 16.6. The molecular formula is C13H16N6O2. The number of nitrogens with one attached hydrogen (secondary N) is 3. The van der Waals surface area contributed by atoms with Crippen molar-refractivity contribution in [1.82, 2.24) is 30.5 Å². The van der Waals surface area contributed by atoms with Gasteiger partial charge in [-0.1, -0.05) is 6.07 Å². The quantitative estimate of drug-likeness (QED) is 0.672. The Kier molecular flexibility index (Phi) is 3.53. The summed E-state index contributed by atoms with van der Waals surface area (Å²) in [6.45, 7) is 2.29. The number of fused-ring (bicyclic) bond motifs is 1. The third kappa shape index (κ3) is 2.70. The smallest absolute Gasteiger partial charge is 0.239 e. The summed E-state index contributed by atoms with van der Waals surface area (Å²) in [5.74, 6) is 0.393. The number of pyridine rings is 1. The maximum absolute atomic E-state index is 12.2. The molecule has 3 rings (SSSR count). The van der Waals surface area contributed by atoms with Crippen LogP contribution >= 0.6 is 0 Å². The first-order valence-corrected chi connectivity index (χ1v) is 6.75. The van der Waals surface area contributed by atoms with Gasteiger partial charge in [-0.3, -0.25) is 19.3 Å². The standard InChI is InChI=1S/C13H16N6O2/c1-8(12-18-17-10-4-2-3-5-19(10)12)16-13(21)9-6-15-11(20)7-14-9/h2-5,8-9,14H,6-7H2,1H3,(H,15,20)(H,16,21). The first-order chi connectivity index (χ1) is 10.1. The van der Waals surface area contributed by atoms with Crippen molar-refractivity contribution in [2.75, 3.05) is 13.1 Å². The Hall–Kier alpha value is -2.48. The Balaban J connectivity index is 1.69. The third-order valence-corrected chi connectivity index (χ3v) is 3.42. The van der Waals surface area contributed by atoms with E-state index in [0.29, 0.717) is 5.82 Å². The fourth-order valence-corrected chi connectivity index (χ4v) is 2.29. The van der Waals surface area contributed by atoms with Crippen LogP contribution in [0.3, 0.4) is 0 Å². The summed E-state index contributed by atoms with van der Waals surface area (Å²) in [7, 11) is 0. The van der Waals surface area contributed by atoms with E-state index in [9.17, 15) is 9.59 Å². The van der Waals surface area contributed by atoms with E-state index in [4.69, 9.17) is 0 Å². The summed E-state index contributed by atoms with van der Waals surface area (Å²) in [6.07, 6.45) is 1.85. The molecule has 2 unspecified atom stereocenters. The molecule has 8 heteroatoms. The molecule has 2 aromatic heterocycles. The molecule has 2 atom stereocenters. The van der Waals surface area contributed by atoms with Crippen LogP contribution in [0.4, 0.5) is 0 Å². The van der Waals surface area contributed by atoms with Gasteiger partial charge in [0.2, 0.25) is 11.8 Å². The molecule has 0 bridgehead atoms. The summed E-state index contributed by atoms with van der Waals surface area (Å²) in [4.78, 5) is 23.2. The van der Waals surface area contributed by atoms with Crippen LogP contribution in [-0.4, -0.2) is 45.5 Å². The van der Waals surface area contributed by atoms with E-state index >= 15 is 0 Å². The number of nitrogens with zero attached hydrogens (tertiary/aromatic N) is 3. The van der Waals surface area contributed by atoms with Crippen LogP contribution in [0.1, 0.15) is 18.8 Å². The van der Waals surface area contributed by atoms with Crippen LogP contribution in [0.2, 0.25) is 0 Å². The highest BCUT2D eigenvalue weighted by atomic mass is 16.2. The topological polar surface area (TPSA) is 100 Å². The van der Waals surface area contributed by atoms with E-state index in [1.807, 2.05) is 35.7 Å². The Morgan fingerprint density at radius 2 is 2.33 bits per heavy atom. The third-order valence-electron chi connectivity index (χ3n) is 3.42. The lowest BCUT2D eigenvalue weighted by Crippen LogP contribution is -2.58. The second-order valence-corrected chi connectivity index (χ2v) is 4.95. The minimum atomic E-state index is -0.427. The number of carbonyl (C=O) groups is 2. The fraction of sp³-hybridized carbons (Fsp3) is 0.385. The van der Waals surface area contributed by atoms with Crippen molar-refractivity contribution in [3.8, 4) is 0 Å². The molecule has 1 saturated heterocycles. The first-order valence-electron chi connectivity index (χ1n) is 6.75. The average molecular weight is 288 g/mol. The van der Waals surface area contributed by atoms with Crippen molar-refractivity contribution in [3.63, 3.8) is 0 Å². The van der Waals surface area contributed by atoms with E-state index in [0.717, 1.165) is 5.65 Å². The van der Waals surface area contributed by atoms with E-state index in [2.05, 4.69) is 26.1 Å². The second kappa shape index (κ2) is 5.49. The lowest BCUT2D eigenvalue weighted by molar-refractivity contribution is -0.127. The molecule has 0 aromatic carbocycles. The Bertz CT molecular complexity index is 672. The largest absolute Gasteiger partial charge is 0.353 e. The van der Waals surface area contributed by atoms with Crippen LogP contribution in [0.25, 0.3) is 5.65 Å². The molecule has 1 fully saturated rings. The lowest BCUT2D eigenvalue weighted by Gasteiger charge is -2.24. The number of hydrogen-bond donors (Lipinski definition) is 3. The first kappa shape index (κ1) is 13.5. The van der Waals surface area contributed by atoms with Gasteiger partial charge in [0.05, 0.1) is 12.6 Å². The van der Waals surface area contributed by atoms with Gasteiger partial charge in [0, 0.05) is 12.7 Å². The number of amides is 2. The van der Waals surface area contributed by atoms with Gasteiger partial charge in [0.1, 0.15) is 6.04 Å². The number of rotatable bonds is 3. The lowest BCUT2D eigenvalue weighted by atomic mass is 10.2. The number of piperazine rings is 1. The molecular weight excluding hydrogens is 272 g/mol. The van der Waals surface area contributed by atoms with E-state index in [1.54, 1.807) is 0 Å². The van der Waals surface area contributed by atoms with Gasteiger partial charge < -0.3 is 10.6 Å². The highest BCUT2D eigenvalue weighted by Gasteiger charge is 2.25. The normalized spacial score (nSPS) is 20.0. The predicted molar refractivity (Wildman–Crippen MR) is 74.3 cm³/mol. The zero-order valence-electron chi connectivity index (χ0n) is 11.5. The summed E-state index contributed by atoms with van der Waals surface area (Å²) < 4.78 is 1.83. The van der Waals surface area contributed by atoms with Gasteiger partial charge in [-0.2, -0.15) is 0 Å². The Morgan fingerprint density at radius 3 is 3.10 bits per heavy atom. The number of hydrogen-bond acceptors (Lipinski definition) is 5. The van der Waals surface area contributed by atoms with Crippen molar-refractivity contribution in [1.29, 1.82) is 0 Å². The van der Waals surface area contributed by atoms with Crippen molar-refractivity contribution >= 4 is 17.5 Å². The van der Waals surface area contributed by atoms with Gasteiger partial charge >= 0.3 is 0 Å². The summed E-state index contributed by atoms with van der Waals surface area (Å²) in [5.41, 5.74) is 0.733. The highest BCUT2D eigenvalue weighted by Crippen LogP contribution is 2.11. The molecule has 1 aliphatic rings. The van der Waals surface area contributed by atoms with Gasteiger partial charge in [-0.25, -0.2) is 0 Å². The van der Waals surface area contributed by atoms with Crippen LogP contribution in [0.15, 0.2) is 24.4 Å². The molecule has 1 aliphatic heterocycles. The molecule has 21 heavy (non-hydrogen) atoms. The molecule has 2 amide bonds. The second-order valence-electron chi connectivity index (χ2n) is 4.95. The SMILES string of the molecule is CC(NC(=O)C1CNC(=O)CN1)c1nnc2ccccn12. The summed E-state index contributed by atoms with van der Waals surface area (Å²) in [6, 6.07) is 4.90. The van der Waals surface area contributed by atoms with Gasteiger partial charge in [-0.15, -0.1) is 10.2 Å². The molecule has 0 radical (unpaired) electrons. The van der Waals surface area contributed by atoms with Gasteiger partial charge in [0.15, 0.2) is 11.5 Å². The van der Waals surface area contributed by atoms with Crippen molar-refractivity contribution in [2.24, 2.45) is 0 Å². The Labute approximate surface area is 120 Å². The highest BCUT2D eigenvalue weighted by molar-refractivity contribution is 5.86.